The molecule has 2 bridgehead atoms. The molecule has 3 nitrogen and oxygen atoms in total. The van der Waals surface area contributed by atoms with Crippen LogP contribution < -0.4 is 0 Å². The molecule has 0 radical (unpaired) electrons. The predicted octanol–water partition coefficient (Wildman–Crippen LogP) is 0.765. The Morgan fingerprint density at radius 1 is 1.58 bits per heavy atom. The van der Waals surface area contributed by atoms with Gasteiger partial charge in [0.2, 0.25) is 0 Å². The molecule has 0 aromatic rings. The first-order chi connectivity index (χ1) is 6.11. The van der Waals surface area contributed by atoms with E-state index in [0.717, 1.165) is 0 Å². The summed E-state index contributed by atoms with van der Waals surface area (Å²) in [5.41, 5.74) is 0. The molecular weight excluding hydrogens is 156 g/mol. The standard InChI is InChI=1S/C9H16O3/c1-5(2)7-3-6-4-11-9(12-6)8(7)10/h5-10H,3-4H2,1-2H3/t6-,7-,8-,9+/m0/s1/i3D/t3-,6+,7+,8+,9-/m1. The Morgan fingerprint density at radius 2 is 2.33 bits per heavy atom. The molecule has 2 fully saturated rings. The van der Waals surface area contributed by atoms with Crippen LogP contribution in [0.1, 0.15) is 21.6 Å². The van der Waals surface area contributed by atoms with E-state index in [-0.39, 0.29) is 18.4 Å². The molecule has 3 heteroatoms. The van der Waals surface area contributed by atoms with Crippen molar-refractivity contribution in [1.82, 2.24) is 0 Å². The van der Waals surface area contributed by atoms with E-state index < -0.39 is 12.4 Å². The first-order valence-corrected chi connectivity index (χ1v) is 4.48. The van der Waals surface area contributed by atoms with Gasteiger partial charge in [0.15, 0.2) is 6.29 Å². The van der Waals surface area contributed by atoms with Gasteiger partial charge in [-0.05, 0) is 18.2 Å². The minimum absolute atomic E-state index is 0.0220. The molecule has 0 saturated carbocycles. The monoisotopic (exact) mass is 173 g/mol. The largest absolute Gasteiger partial charge is 0.388 e. The summed E-state index contributed by atoms with van der Waals surface area (Å²) in [5, 5.41) is 9.83. The smallest absolute Gasteiger partial charge is 0.184 e. The Balaban J connectivity index is 2.17. The molecule has 12 heavy (non-hydrogen) atoms. The quantitative estimate of drug-likeness (QED) is 0.636. The second kappa shape index (κ2) is 2.98. The van der Waals surface area contributed by atoms with Gasteiger partial charge >= 0.3 is 0 Å². The molecular formula is C9H16O3. The summed E-state index contributed by atoms with van der Waals surface area (Å²) in [5.74, 6) is 0.277. The van der Waals surface area contributed by atoms with E-state index in [2.05, 4.69) is 0 Å². The van der Waals surface area contributed by atoms with E-state index in [9.17, 15) is 5.11 Å². The van der Waals surface area contributed by atoms with E-state index in [4.69, 9.17) is 10.8 Å². The number of aliphatic hydroxyl groups excluding tert-OH is 1. The maximum Gasteiger partial charge on any atom is 0.184 e. The normalized spacial score (nSPS) is 54.3. The molecule has 0 unspecified atom stereocenters. The second-order valence-corrected chi connectivity index (χ2v) is 3.88. The van der Waals surface area contributed by atoms with Gasteiger partial charge in [-0.3, -0.25) is 0 Å². The maximum absolute atomic E-state index is 9.83. The molecule has 70 valence electrons. The third-order valence-corrected chi connectivity index (χ3v) is 2.61. The van der Waals surface area contributed by atoms with Crippen LogP contribution in [-0.4, -0.2) is 30.2 Å². The van der Waals surface area contributed by atoms with E-state index in [1.165, 1.54) is 0 Å². The number of hydrogen-bond donors (Lipinski definition) is 1. The highest BCUT2D eigenvalue weighted by molar-refractivity contribution is 4.86. The fourth-order valence-electron chi connectivity index (χ4n) is 1.88. The van der Waals surface area contributed by atoms with E-state index in [1.54, 1.807) is 0 Å². The van der Waals surface area contributed by atoms with Gasteiger partial charge in [-0.15, -0.1) is 0 Å². The Labute approximate surface area is 74.1 Å². The molecule has 2 aliphatic heterocycles. The highest BCUT2D eigenvalue weighted by Gasteiger charge is 2.43. The summed E-state index contributed by atoms with van der Waals surface area (Å²) in [6.45, 7) is 4.51. The third kappa shape index (κ3) is 1.26. The van der Waals surface area contributed by atoms with E-state index >= 15 is 0 Å². The summed E-state index contributed by atoms with van der Waals surface area (Å²) in [4.78, 5) is 0. The van der Waals surface area contributed by atoms with Crippen molar-refractivity contribution in [1.29, 1.82) is 0 Å². The van der Waals surface area contributed by atoms with Crippen molar-refractivity contribution < 1.29 is 16.0 Å². The molecule has 2 rings (SSSR count). The summed E-state index contributed by atoms with van der Waals surface area (Å²) >= 11 is 0. The highest BCUT2D eigenvalue weighted by Crippen LogP contribution is 2.35. The van der Waals surface area contributed by atoms with Gasteiger partial charge in [-0.2, -0.15) is 0 Å². The summed E-state index contributed by atoms with van der Waals surface area (Å²) in [6, 6.07) is 0. The van der Waals surface area contributed by atoms with Crippen LogP contribution in [0, 0.1) is 11.8 Å². The molecule has 0 aromatic carbocycles. The fourth-order valence-corrected chi connectivity index (χ4v) is 1.88. The Hall–Kier alpha value is -0.120. The molecule has 0 aliphatic carbocycles. The number of ether oxygens (including phenoxy) is 2. The van der Waals surface area contributed by atoms with Crippen LogP contribution in [0.25, 0.3) is 0 Å². The second-order valence-electron chi connectivity index (χ2n) is 3.88. The summed E-state index contributed by atoms with van der Waals surface area (Å²) in [7, 11) is 0. The molecule has 0 amide bonds. The van der Waals surface area contributed by atoms with Crippen molar-refractivity contribution in [3.63, 3.8) is 0 Å². The average Bonchev–Trinajstić information content (AvgIpc) is 2.46. The summed E-state index contributed by atoms with van der Waals surface area (Å²) in [6.07, 6.45) is -1.62. The Kier molecular flexibility index (Phi) is 1.81. The molecule has 0 spiro atoms. The first-order valence-electron chi connectivity index (χ1n) is 5.06. The zero-order valence-electron chi connectivity index (χ0n) is 8.43. The van der Waals surface area contributed by atoms with Gasteiger partial charge < -0.3 is 14.6 Å². The lowest BCUT2D eigenvalue weighted by molar-refractivity contribution is -0.181. The molecule has 2 heterocycles. The van der Waals surface area contributed by atoms with Gasteiger partial charge in [0.05, 0.1) is 12.7 Å². The van der Waals surface area contributed by atoms with Crippen LogP contribution in [0.4, 0.5) is 0 Å². The van der Waals surface area contributed by atoms with Crippen molar-refractivity contribution in [3.05, 3.63) is 0 Å². The zero-order chi connectivity index (χ0) is 9.59. The first kappa shape index (κ1) is 7.30. The lowest BCUT2D eigenvalue weighted by Gasteiger charge is -2.34. The minimum Gasteiger partial charge on any atom is -0.388 e. The van der Waals surface area contributed by atoms with Crippen LogP contribution in [0.15, 0.2) is 0 Å². The Morgan fingerprint density at radius 3 is 3.00 bits per heavy atom. The van der Waals surface area contributed by atoms with Crippen LogP contribution >= 0.6 is 0 Å². The van der Waals surface area contributed by atoms with Gasteiger partial charge in [-0.1, -0.05) is 13.8 Å². The van der Waals surface area contributed by atoms with E-state index in [1.807, 2.05) is 13.8 Å². The van der Waals surface area contributed by atoms with Crippen LogP contribution in [0.5, 0.6) is 0 Å². The lowest BCUT2D eigenvalue weighted by Crippen LogP contribution is -2.42. The molecule has 5 atom stereocenters. The van der Waals surface area contributed by atoms with Gasteiger partial charge in [0.1, 0.15) is 6.10 Å². The molecule has 1 N–H and O–H groups in total. The number of aliphatic hydroxyl groups is 1. The topological polar surface area (TPSA) is 38.7 Å². The molecule has 0 aromatic heterocycles. The van der Waals surface area contributed by atoms with Gasteiger partial charge in [0.25, 0.3) is 0 Å². The van der Waals surface area contributed by atoms with Gasteiger partial charge in [-0.25, -0.2) is 0 Å². The van der Waals surface area contributed by atoms with Crippen molar-refractivity contribution in [2.24, 2.45) is 11.8 Å². The fraction of sp³-hybridized carbons (Fsp3) is 1.00. The van der Waals surface area contributed by atoms with Crippen molar-refractivity contribution >= 4 is 0 Å². The number of hydrogen-bond acceptors (Lipinski definition) is 3. The molecule has 2 aliphatic rings. The molecule has 2 saturated heterocycles. The average molecular weight is 173 g/mol. The SMILES string of the molecule is [2H][C@H]1[C@@H](C(C)C)[C@H](O)[C@@H]2OC[C@H]1O2. The number of rotatable bonds is 1. The van der Waals surface area contributed by atoms with E-state index in [0.29, 0.717) is 12.5 Å². The minimum atomic E-state index is -0.638. The van der Waals surface area contributed by atoms with Crippen molar-refractivity contribution in [3.8, 4) is 0 Å². The zero-order valence-corrected chi connectivity index (χ0v) is 7.43. The number of fused-ring (bicyclic) bond motifs is 2. The van der Waals surface area contributed by atoms with Crippen LogP contribution in [0.2, 0.25) is 0 Å². The van der Waals surface area contributed by atoms with Crippen molar-refractivity contribution in [2.45, 2.75) is 38.7 Å². The predicted molar refractivity (Wildman–Crippen MR) is 43.6 cm³/mol. The van der Waals surface area contributed by atoms with Gasteiger partial charge in [0, 0.05) is 1.37 Å². The highest BCUT2D eigenvalue weighted by atomic mass is 16.7. The maximum atomic E-state index is 9.83. The van der Waals surface area contributed by atoms with Crippen LogP contribution in [-0.2, 0) is 9.47 Å². The lowest BCUT2D eigenvalue weighted by atomic mass is 9.84. The van der Waals surface area contributed by atoms with Crippen LogP contribution in [0.3, 0.4) is 0 Å². The third-order valence-electron chi connectivity index (χ3n) is 2.61. The van der Waals surface area contributed by atoms with Crippen molar-refractivity contribution in [2.75, 3.05) is 6.61 Å². The summed E-state index contributed by atoms with van der Waals surface area (Å²) < 4.78 is 18.5. The Bertz CT molecular complexity index is 181.